The van der Waals surface area contributed by atoms with Crippen LogP contribution in [0.2, 0.25) is 0 Å². The smallest absolute Gasteiger partial charge is 0.0621 e. The molecular weight excluding hydrogens is 176 g/mol. The summed E-state index contributed by atoms with van der Waals surface area (Å²) in [5.41, 5.74) is 0. The lowest BCUT2D eigenvalue weighted by Crippen LogP contribution is -2.35. The highest BCUT2D eigenvalue weighted by molar-refractivity contribution is 4.93. The van der Waals surface area contributed by atoms with Gasteiger partial charge in [0, 0.05) is 12.5 Å². The van der Waals surface area contributed by atoms with E-state index in [-0.39, 0.29) is 6.10 Å². The van der Waals surface area contributed by atoms with E-state index < -0.39 is 0 Å². The Kier molecular flexibility index (Phi) is 3.60. The van der Waals surface area contributed by atoms with Crippen LogP contribution < -0.4 is 0 Å². The average molecular weight is 196 g/mol. The summed E-state index contributed by atoms with van der Waals surface area (Å²) in [5, 5.41) is 10.2. The maximum absolute atomic E-state index is 10.2. The Labute approximate surface area is 86.0 Å². The quantitative estimate of drug-likeness (QED) is 0.686. The number of hydrogen-bond donors (Lipinski definition) is 1. The van der Waals surface area contributed by atoms with Gasteiger partial charge in [0.25, 0.3) is 0 Å². The van der Waals surface area contributed by atoms with E-state index >= 15 is 0 Å². The van der Waals surface area contributed by atoms with Crippen LogP contribution in [-0.2, 0) is 4.74 Å². The van der Waals surface area contributed by atoms with Gasteiger partial charge in [0.05, 0.1) is 12.7 Å². The zero-order valence-corrected chi connectivity index (χ0v) is 8.69. The molecule has 3 unspecified atom stereocenters. The molecule has 0 radical (unpaired) electrons. The van der Waals surface area contributed by atoms with Crippen molar-refractivity contribution in [3.8, 4) is 0 Å². The van der Waals surface area contributed by atoms with Gasteiger partial charge in [-0.1, -0.05) is 12.2 Å². The maximum atomic E-state index is 10.2. The lowest BCUT2D eigenvalue weighted by atomic mass is 9.81. The number of ether oxygens (including phenoxy) is 1. The summed E-state index contributed by atoms with van der Waals surface area (Å²) in [6.45, 7) is 1.65. The van der Waals surface area contributed by atoms with Crippen molar-refractivity contribution in [1.29, 1.82) is 0 Å². The second-order valence-corrected chi connectivity index (χ2v) is 4.51. The van der Waals surface area contributed by atoms with Crippen LogP contribution in [0.5, 0.6) is 0 Å². The van der Waals surface area contributed by atoms with Gasteiger partial charge in [0.2, 0.25) is 0 Å². The third-order valence-corrected chi connectivity index (χ3v) is 3.47. The Balaban J connectivity index is 1.86. The lowest BCUT2D eigenvalue weighted by molar-refractivity contribution is -0.0345. The molecule has 1 heterocycles. The summed E-state index contributed by atoms with van der Waals surface area (Å²) in [7, 11) is 0. The van der Waals surface area contributed by atoms with Crippen LogP contribution in [0.3, 0.4) is 0 Å². The molecule has 0 bridgehead atoms. The molecule has 2 heteroatoms. The van der Waals surface area contributed by atoms with Crippen molar-refractivity contribution < 1.29 is 9.84 Å². The topological polar surface area (TPSA) is 29.5 Å². The third-order valence-electron chi connectivity index (χ3n) is 3.47. The van der Waals surface area contributed by atoms with E-state index in [2.05, 4.69) is 12.2 Å². The third kappa shape index (κ3) is 2.37. The molecule has 2 nitrogen and oxygen atoms in total. The summed E-state index contributed by atoms with van der Waals surface area (Å²) in [5.74, 6) is 0.868. The second kappa shape index (κ2) is 4.94. The largest absolute Gasteiger partial charge is 0.392 e. The Morgan fingerprint density at radius 1 is 1.21 bits per heavy atom. The van der Waals surface area contributed by atoms with Gasteiger partial charge >= 0.3 is 0 Å². The van der Waals surface area contributed by atoms with Crippen LogP contribution in [0.15, 0.2) is 12.2 Å². The Hall–Kier alpha value is -0.340. The van der Waals surface area contributed by atoms with Crippen LogP contribution >= 0.6 is 0 Å². The van der Waals surface area contributed by atoms with E-state index in [0.717, 1.165) is 45.3 Å². The van der Waals surface area contributed by atoms with Crippen LogP contribution in [0.1, 0.15) is 32.1 Å². The fraction of sp³-hybridized carbons (Fsp3) is 0.833. The van der Waals surface area contributed by atoms with Crippen molar-refractivity contribution in [3.05, 3.63) is 12.2 Å². The standard InChI is InChI=1S/C12H20O2/c13-12(10-5-2-1-3-6-10)11-7-4-8-14-9-11/h1-2,10-13H,3-9H2. The van der Waals surface area contributed by atoms with E-state index in [1.807, 2.05) is 0 Å². The molecule has 0 aromatic carbocycles. The van der Waals surface area contributed by atoms with Gasteiger partial charge < -0.3 is 9.84 Å². The molecule has 0 spiro atoms. The molecule has 3 atom stereocenters. The SMILES string of the molecule is OC(C1CC=CCC1)C1CCCOC1. The van der Waals surface area contributed by atoms with Crippen molar-refractivity contribution >= 4 is 0 Å². The molecule has 1 fully saturated rings. The van der Waals surface area contributed by atoms with Crippen molar-refractivity contribution in [2.24, 2.45) is 11.8 Å². The molecule has 1 N–H and O–H groups in total. The maximum Gasteiger partial charge on any atom is 0.0621 e. The Morgan fingerprint density at radius 3 is 2.79 bits per heavy atom. The highest BCUT2D eigenvalue weighted by Crippen LogP contribution is 2.29. The first-order valence-electron chi connectivity index (χ1n) is 5.79. The normalized spacial score (nSPS) is 35.5. The van der Waals surface area contributed by atoms with Crippen LogP contribution in [0.4, 0.5) is 0 Å². The molecule has 0 amide bonds. The van der Waals surface area contributed by atoms with Gasteiger partial charge in [0.1, 0.15) is 0 Å². The highest BCUT2D eigenvalue weighted by atomic mass is 16.5. The van der Waals surface area contributed by atoms with Crippen LogP contribution in [0.25, 0.3) is 0 Å². The molecule has 1 aliphatic carbocycles. The van der Waals surface area contributed by atoms with E-state index in [1.165, 1.54) is 0 Å². The van der Waals surface area contributed by atoms with Gasteiger partial charge in [-0.2, -0.15) is 0 Å². The van der Waals surface area contributed by atoms with E-state index in [0.29, 0.717) is 11.8 Å². The Morgan fingerprint density at radius 2 is 2.14 bits per heavy atom. The summed E-state index contributed by atoms with van der Waals surface area (Å²) >= 11 is 0. The molecule has 1 saturated heterocycles. The first kappa shape index (κ1) is 10.2. The fourth-order valence-corrected chi connectivity index (χ4v) is 2.55. The predicted octanol–water partition coefficient (Wildman–Crippen LogP) is 2.13. The minimum atomic E-state index is -0.139. The summed E-state index contributed by atoms with van der Waals surface area (Å²) in [6, 6.07) is 0. The summed E-state index contributed by atoms with van der Waals surface area (Å²) in [6.07, 6.45) is 9.88. The van der Waals surface area contributed by atoms with Gasteiger partial charge in [0.15, 0.2) is 0 Å². The number of rotatable bonds is 2. The predicted molar refractivity (Wildman–Crippen MR) is 56.0 cm³/mol. The first-order valence-corrected chi connectivity index (χ1v) is 5.79. The van der Waals surface area contributed by atoms with Gasteiger partial charge in [-0.25, -0.2) is 0 Å². The van der Waals surface area contributed by atoms with Crippen LogP contribution in [-0.4, -0.2) is 24.4 Å². The Bertz CT molecular complexity index is 194. The number of allylic oxidation sites excluding steroid dienone is 2. The van der Waals surface area contributed by atoms with Crippen LogP contribution in [0, 0.1) is 11.8 Å². The van der Waals surface area contributed by atoms with Crippen molar-refractivity contribution in [3.63, 3.8) is 0 Å². The average Bonchev–Trinajstić information content (AvgIpc) is 2.30. The second-order valence-electron chi connectivity index (χ2n) is 4.51. The highest BCUT2D eigenvalue weighted by Gasteiger charge is 2.28. The molecule has 1 aliphatic heterocycles. The molecule has 0 aromatic rings. The first-order chi connectivity index (χ1) is 6.88. The van der Waals surface area contributed by atoms with Crippen molar-refractivity contribution in [1.82, 2.24) is 0 Å². The number of hydrogen-bond acceptors (Lipinski definition) is 2. The van der Waals surface area contributed by atoms with E-state index in [9.17, 15) is 5.11 Å². The van der Waals surface area contributed by atoms with Crippen molar-refractivity contribution in [2.75, 3.05) is 13.2 Å². The van der Waals surface area contributed by atoms with Gasteiger partial charge in [-0.15, -0.1) is 0 Å². The summed E-state index contributed by atoms with van der Waals surface area (Å²) < 4.78 is 5.42. The van der Waals surface area contributed by atoms with Gasteiger partial charge in [-0.3, -0.25) is 0 Å². The van der Waals surface area contributed by atoms with E-state index in [4.69, 9.17) is 4.74 Å². The number of aliphatic hydroxyl groups excluding tert-OH is 1. The molecule has 14 heavy (non-hydrogen) atoms. The van der Waals surface area contributed by atoms with Crippen molar-refractivity contribution in [2.45, 2.75) is 38.2 Å². The summed E-state index contributed by atoms with van der Waals surface area (Å²) in [4.78, 5) is 0. The molecule has 2 rings (SSSR count). The minimum Gasteiger partial charge on any atom is -0.392 e. The van der Waals surface area contributed by atoms with Gasteiger partial charge in [-0.05, 0) is 38.0 Å². The molecule has 0 aromatic heterocycles. The zero-order valence-electron chi connectivity index (χ0n) is 8.69. The molecule has 0 saturated carbocycles. The minimum absolute atomic E-state index is 0.139. The fourth-order valence-electron chi connectivity index (χ4n) is 2.55. The van der Waals surface area contributed by atoms with E-state index in [1.54, 1.807) is 0 Å². The molecule has 2 aliphatic rings. The molecule has 80 valence electrons. The monoisotopic (exact) mass is 196 g/mol. The zero-order chi connectivity index (χ0) is 9.80. The lowest BCUT2D eigenvalue weighted by Gasteiger charge is -2.32. The number of aliphatic hydroxyl groups is 1. The molecular formula is C12H20O2.